The van der Waals surface area contributed by atoms with Crippen molar-refractivity contribution in [1.29, 1.82) is 0 Å². The van der Waals surface area contributed by atoms with E-state index in [0.29, 0.717) is 0 Å². The van der Waals surface area contributed by atoms with E-state index in [-0.39, 0.29) is 12.3 Å². The molecular weight excluding hydrogens is 458 g/mol. The lowest BCUT2D eigenvalue weighted by Crippen LogP contribution is -2.66. The van der Waals surface area contributed by atoms with E-state index in [1.807, 2.05) is 0 Å². The van der Waals surface area contributed by atoms with Gasteiger partial charge in [-0.25, -0.2) is 4.79 Å². The summed E-state index contributed by atoms with van der Waals surface area (Å²) >= 11 is -0.173. The molecule has 0 aromatic rings. The number of carboxylic acid groups (broad SMARTS) is 1. The Bertz CT molecular complexity index is 693. The topological polar surface area (TPSA) is 242 Å². The smallest absolute Gasteiger partial charge is 0.335 e. The molecule has 2 aliphatic heterocycles. The predicted molar refractivity (Wildman–Crippen MR) is 93.9 cm³/mol. The fourth-order valence-corrected chi connectivity index (χ4v) is 4.23. The number of ether oxygens (including phenoxy) is 3. The second-order valence-corrected chi connectivity index (χ2v) is 8.20. The molecule has 2 saturated heterocycles. The Morgan fingerprint density at radius 1 is 1.17 bits per heavy atom. The molecule has 0 aliphatic carbocycles. The van der Waals surface area contributed by atoms with Crippen LogP contribution in [0, 0.1) is 5.92 Å². The van der Waals surface area contributed by atoms with Gasteiger partial charge in [-0.05, 0) is 6.92 Å². The van der Waals surface area contributed by atoms with Crippen molar-refractivity contribution in [3.63, 3.8) is 0 Å². The van der Waals surface area contributed by atoms with Gasteiger partial charge in [0.1, 0.15) is 24.4 Å². The molecule has 10 unspecified atom stereocenters. The standard InChI is InChI=1S/C13H23NO14S2/c1-3-8(7(17)5(12(20)25-3)14-30(22,23)24)26-13-9(28-29-21)4(2-15)6(16)10(27-13)11(18)19/h3-10,12-17,20-21H,2H2,1H3,(H,18,19)(H,22,23,24). The molecule has 8 N–H and O–H groups in total. The molecule has 0 aromatic carbocycles. The Hall–Kier alpha value is -0.670. The van der Waals surface area contributed by atoms with E-state index in [1.165, 1.54) is 6.92 Å². The molecule has 0 saturated carbocycles. The highest BCUT2D eigenvalue weighted by atomic mass is 32.2. The van der Waals surface area contributed by atoms with Crippen LogP contribution in [0.15, 0.2) is 0 Å². The molecule has 176 valence electrons. The predicted octanol–water partition coefficient (Wildman–Crippen LogP) is -3.48. The molecule has 15 nitrogen and oxygen atoms in total. The Kier molecular flexibility index (Phi) is 8.78. The number of aliphatic hydroxyl groups excluding tert-OH is 4. The van der Waals surface area contributed by atoms with E-state index in [4.69, 9.17) is 27.5 Å². The summed E-state index contributed by atoms with van der Waals surface area (Å²) in [6, 6.07) is -1.77. The van der Waals surface area contributed by atoms with Gasteiger partial charge in [0, 0.05) is 5.92 Å². The van der Waals surface area contributed by atoms with Gasteiger partial charge in [-0.15, -0.1) is 0 Å². The van der Waals surface area contributed by atoms with E-state index < -0.39 is 84.0 Å². The van der Waals surface area contributed by atoms with Crippen molar-refractivity contribution in [2.24, 2.45) is 5.92 Å². The molecule has 30 heavy (non-hydrogen) atoms. The van der Waals surface area contributed by atoms with E-state index in [1.54, 1.807) is 4.72 Å². The first-order chi connectivity index (χ1) is 13.9. The van der Waals surface area contributed by atoms with Gasteiger partial charge in [-0.2, -0.15) is 13.1 Å². The largest absolute Gasteiger partial charge is 0.479 e. The summed E-state index contributed by atoms with van der Waals surface area (Å²) in [7, 11) is -4.86. The number of nitrogens with one attached hydrogen (secondary N) is 1. The molecule has 0 amide bonds. The van der Waals surface area contributed by atoms with Gasteiger partial charge in [0.15, 0.2) is 31.0 Å². The number of hydrogen-bond acceptors (Lipinski definition) is 13. The molecule has 2 rings (SSSR count). The molecular formula is C13H23NO14S2. The minimum atomic E-state index is -4.86. The van der Waals surface area contributed by atoms with Gasteiger partial charge in [0.05, 0.1) is 18.8 Å². The molecule has 2 fully saturated rings. The van der Waals surface area contributed by atoms with Crippen LogP contribution in [0.25, 0.3) is 0 Å². The van der Waals surface area contributed by atoms with Crippen LogP contribution in [-0.4, -0.2) is 111 Å². The highest BCUT2D eigenvalue weighted by Crippen LogP contribution is 2.34. The van der Waals surface area contributed by atoms with Gasteiger partial charge >= 0.3 is 16.3 Å². The van der Waals surface area contributed by atoms with Crippen LogP contribution >= 0.6 is 12.3 Å². The van der Waals surface area contributed by atoms with Gasteiger partial charge in [0.25, 0.3) is 0 Å². The van der Waals surface area contributed by atoms with Crippen LogP contribution in [0.4, 0.5) is 0 Å². The van der Waals surface area contributed by atoms with Crippen molar-refractivity contribution in [1.82, 2.24) is 4.72 Å². The van der Waals surface area contributed by atoms with Gasteiger partial charge in [-0.1, -0.05) is 0 Å². The van der Waals surface area contributed by atoms with Crippen LogP contribution < -0.4 is 4.72 Å². The second kappa shape index (κ2) is 10.3. The van der Waals surface area contributed by atoms with Crippen LogP contribution in [0.2, 0.25) is 0 Å². The second-order valence-electron chi connectivity index (χ2n) is 6.68. The zero-order chi connectivity index (χ0) is 22.8. The summed E-state index contributed by atoms with van der Waals surface area (Å²) in [6.07, 6.45) is -13.0. The molecule has 0 radical (unpaired) electrons. The average molecular weight is 481 g/mol. The van der Waals surface area contributed by atoms with E-state index >= 15 is 0 Å². The minimum Gasteiger partial charge on any atom is -0.479 e. The summed E-state index contributed by atoms with van der Waals surface area (Å²) in [5, 5.41) is 49.2. The summed E-state index contributed by atoms with van der Waals surface area (Å²) in [5.74, 6) is -2.89. The van der Waals surface area contributed by atoms with Crippen molar-refractivity contribution in [3.05, 3.63) is 0 Å². The normalized spacial score (nSPS) is 42.8. The quantitative estimate of drug-likeness (QED) is 0.124. The Balaban J connectivity index is 2.29. The summed E-state index contributed by atoms with van der Waals surface area (Å²) in [4.78, 5) is 11.4. The Labute approximate surface area is 174 Å². The summed E-state index contributed by atoms with van der Waals surface area (Å²) in [5.41, 5.74) is 0. The number of hydrogen-bond donors (Lipinski definition) is 8. The zero-order valence-electron chi connectivity index (χ0n) is 15.3. The van der Waals surface area contributed by atoms with Crippen molar-refractivity contribution in [3.8, 4) is 0 Å². The summed E-state index contributed by atoms with van der Waals surface area (Å²) < 4.78 is 62.3. The van der Waals surface area contributed by atoms with Crippen LogP contribution in [-0.2, 0) is 33.5 Å². The zero-order valence-corrected chi connectivity index (χ0v) is 16.9. The first-order valence-electron chi connectivity index (χ1n) is 8.47. The SMILES string of the molecule is CC1OC(O)C(NS(=O)(=O)O)C(O)C1OC1OC(C(=O)O)C(O)C(CO)C1OSO. The molecule has 2 aliphatic rings. The maximum atomic E-state index is 11.4. The highest BCUT2D eigenvalue weighted by molar-refractivity contribution is 7.88. The fourth-order valence-electron chi connectivity index (χ4n) is 3.29. The average Bonchev–Trinajstić information content (AvgIpc) is 2.63. The van der Waals surface area contributed by atoms with Crippen LogP contribution in [0.5, 0.6) is 0 Å². The monoisotopic (exact) mass is 481 g/mol. The Morgan fingerprint density at radius 3 is 2.30 bits per heavy atom. The molecule has 2 heterocycles. The van der Waals surface area contributed by atoms with E-state index in [0.717, 1.165) is 0 Å². The number of carboxylic acids is 1. The molecule has 17 heteroatoms. The van der Waals surface area contributed by atoms with Crippen LogP contribution in [0.3, 0.4) is 0 Å². The minimum absolute atomic E-state index is 0.173. The Morgan fingerprint density at radius 2 is 1.80 bits per heavy atom. The van der Waals surface area contributed by atoms with Crippen molar-refractivity contribution in [2.45, 2.75) is 62.2 Å². The first kappa shape index (κ1) is 25.6. The van der Waals surface area contributed by atoms with Crippen molar-refractivity contribution < 1.29 is 66.2 Å². The maximum Gasteiger partial charge on any atom is 0.335 e. The third-order valence-electron chi connectivity index (χ3n) is 4.73. The van der Waals surface area contributed by atoms with Crippen molar-refractivity contribution >= 4 is 28.6 Å². The molecule has 0 bridgehead atoms. The van der Waals surface area contributed by atoms with Gasteiger partial charge < -0.3 is 44.3 Å². The molecule has 0 spiro atoms. The van der Waals surface area contributed by atoms with E-state index in [2.05, 4.69) is 0 Å². The van der Waals surface area contributed by atoms with Gasteiger partial charge in [-0.3, -0.25) is 8.74 Å². The first-order valence-corrected chi connectivity index (χ1v) is 10.6. The third-order valence-corrected chi connectivity index (χ3v) is 5.61. The number of aliphatic hydroxyl groups is 4. The lowest BCUT2D eigenvalue weighted by Gasteiger charge is -2.46. The number of aliphatic carboxylic acids is 1. The van der Waals surface area contributed by atoms with Crippen molar-refractivity contribution in [2.75, 3.05) is 6.61 Å². The summed E-state index contributed by atoms with van der Waals surface area (Å²) in [6.45, 7) is 0.539. The fraction of sp³-hybridized carbons (Fsp3) is 0.923. The molecule has 10 atom stereocenters. The lowest BCUT2D eigenvalue weighted by molar-refractivity contribution is -0.328. The molecule has 0 aromatic heterocycles. The number of rotatable bonds is 8. The third kappa shape index (κ3) is 5.76. The number of carbonyl (C=O) groups is 1. The van der Waals surface area contributed by atoms with E-state index in [9.17, 15) is 38.7 Å². The maximum absolute atomic E-state index is 11.4. The lowest BCUT2D eigenvalue weighted by atomic mass is 9.89. The van der Waals surface area contributed by atoms with Crippen LogP contribution in [0.1, 0.15) is 6.92 Å². The highest BCUT2D eigenvalue weighted by Gasteiger charge is 2.53. The van der Waals surface area contributed by atoms with Gasteiger partial charge in [0.2, 0.25) is 0 Å².